The van der Waals surface area contributed by atoms with Crippen LogP contribution < -0.4 is 15.5 Å². The van der Waals surface area contributed by atoms with Crippen molar-refractivity contribution in [2.24, 2.45) is 0 Å². The summed E-state index contributed by atoms with van der Waals surface area (Å²) in [4.78, 5) is 24.5. The molecule has 4 aromatic carbocycles. The predicted molar refractivity (Wildman–Crippen MR) is 180 cm³/mol. The van der Waals surface area contributed by atoms with Crippen LogP contribution in [0.5, 0.6) is 5.75 Å². The molecule has 1 fully saturated rings. The number of hydrogen-bond acceptors (Lipinski definition) is 8. The average molecular weight is 657 g/mol. The molecule has 0 aliphatic carbocycles. The van der Waals surface area contributed by atoms with Gasteiger partial charge in [-0.3, -0.25) is 14.8 Å². The second-order valence-corrected chi connectivity index (χ2v) is 12.4. The van der Waals surface area contributed by atoms with Crippen LogP contribution in [-0.4, -0.2) is 41.1 Å². The molecule has 1 saturated heterocycles. The number of carbonyl (C=O) groups excluding carboxylic acids is 2. The van der Waals surface area contributed by atoms with Crippen LogP contribution in [0.15, 0.2) is 102 Å². The maximum atomic E-state index is 12.3. The summed E-state index contributed by atoms with van der Waals surface area (Å²) in [6, 6.07) is 31.9. The number of benzene rings is 4. The minimum Gasteiger partial charge on any atom is -0.496 e. The summed E-state index contributed by atoms with van der Waals surface area (Å²) in [6.45, 7) is 0.345. The summed E-state index contributed by atoms with van der Waals surface area (Å²) in [6.07, 6.45) is 0.428. The molecule has 1 heterocycles. The van der Waals surface area contributed by atoms with Gasteiger partial charge in [-0.1, -0.05) is 72.8 Å². The van der Waals surface area contributed by atoms with Crippen molar-refractivity contribution in [3.05, 3.63) is 119 Å². The van der Waals surface area contributed by atoms with Crippen LogP contribution >= 0.6 is 11.8 Å². The zero-order valence-electron chi connectivity index (χ0n) is 26.3. The molecule has 0 aromatic heterocycles. The number of carbonyl (C=O) groups is 2. The lowest BCUT2D eigenvalue weighted by molar-refractivity contribution is -0.245. The van der Waals surface area contributed by atoms with Crippen LogP contribution in [0, 0.1) is 0 Å². The summed E-state index contributed by atoms with van der Waals surface area (Å²) in [5, 5.41) is 21.0. The van der Waals surface area contributed by atoms with E-state index < -0.39 is 12.2 Å². The van der Waals surface area contributed by atoms with Crippen LogP contribution in [0.4, 0.5) is 0 Å². The third kappa shape index (κ3) is 9.66. The largest absolute Gasteiger partial charge is 0.496 e. The lowest BCUT2D eigenvalue weighted by Crippen LogP contribution is -2.31. The van der Waals surface area contributed by atoms with Gasteiger partial charge in [0, 0.05) is 42.0 Å². The van der Waals surface area contributed by atoms with Gasteiger partial charge in [0.15, 0.2) is 6.29 Å². The number of ether oxygens (including phenoxy) is 3. The Morgan fingerprint density at radius 3 is 2.36 bits per heavy atom. The van der Waals surface area contributed by atoms with Gasteiger partial charge in [0.1, 0.15) is 5.75 Å². The Labute approximate surface area is 279 Å². The molecule has 2 amide bonds. The van der Waals surface area contributed by atoms with Gasteiger partial charge in [0.05, 0.1) is 25.9 Å². The highest BCUT2D eigenvalue weighted by Gasteiger charge is 2.32. The van der Waals surface area contributed by atoms with E-state index in [4.69, 9.17) is 19.4 Å². The number of rotatable bonds is 14. The minimum atomic E-state index is -0.593. The lowest BCUT2D eigenvalue weighted by Gasteiger charge is -2.36. The Morgan fingerprint density at radius 2 is 1.60 bits per heavy atom. The summed E-state index contributed by atoms with van der Waals surface area (Å²) in [7, 11) is 1.68. The molecule has 1 aliphatic rings. The first-order valence-corrected chi connectivity index (χ1v) is 16.6. The summed E-state index contributed by atoms with van der Waals surface area (Å²) >= 11 is 1.70. The monoisotopic (exact) mass is 656 g/mol. The number of methoxy groups -OCH3 is 1. The molecule has 0 saturated carbocycles. The lowest BCUT2D eigenvalue weighted by atomic mass is 9.99. The van der Waals surface area contributed by atoms with Gasteiger partial charge in [-0.15, -0.1) is 11.8 Å². The zero-order valence-corrected chi connectivity index (χ0v) is 27.1. The van der Waals surface area contributed by atoms with Crippen molar-refractivity contribution < 1.29 is 34.1 Å². The second-order valence-electron chi connectivity index (χ2n) is 11.3. The number of thioether (sulfide) groups is 1. The van der Waals surface area contributed by atoms with Gasteiger partial charge in [-0.05, 0) is 58.5 Å². The topological polar surface area (TPSA) is 126 Å². The molecule has 0 bridgehead atoms. The minimum absolute atomic E-state index is 0.0123. The van der Waals surface area contributed by atoms with E-state index in [2.05, 4.69) is 11.4 Å². The zero-order chi connectivity index (χ0) is 33.0. The Morgan fingerprint density at radius 1 is 0.851 bits per heavy atom. The Hall–Kier alpha value is -4.19. The molecule has 3 atom stereocenters. The van der Waals surface area contributed by atoms with Crippen LogP contribution in [0.3, 0.4) is 0 Å². The summed E-state index contributed by atoms with van der Waals surface area (Å²) < 4.78 is 18.7. The van der Waals surface area contributed by atoms with Crippen molar-refractivity contribution in [3.63, 3.8) is 0 Å². The number of nitrogens with one attached hydrogen (secondary N) is 2. The van der Waals surface area contributed by atoms with E-state index in [1.54, 1.807) is 24.4 Å². The molecule has 5 rings (SSSR count). The Bertz CT molecular complexity index is 1630. The number of hydrogen-bond donors (Lipinski definition) is 4. The van der Waals surface area contributed by atoms with Gasteiger partial charge < -0.3 is 24.6 Å². The molecule has 10 heteroatoms. The maximum Gasteiger partial charge on any atom is 0.243 e. The molecule has 4 N–H and O–H groups in total. The SMILES string of the molecule is COc1ccccc1SCC1CC(c2ccc(CO)cc2)OC(c2cccc(-c3cccc(CNC(=O)CCCC(=O)NO)c3)c2)O1. The third-order valence-corrected chi connectivity index (χ3v) is 9.14. The van der Waals surface area contributed by atoms with Crippen molar-refractivity contribution in [3.8, 4) is 16.9 Å². The highest BCUT2D eigenvalue weighted by Crippen LogP contribution is 2.41. The van der Waals surface area contributed by atoms with Gasteiger partial charge >= 0.3 is 0 Å². The van der Waals surface area contributed by atoms with E-state index in [0.29, 0.717) is 25.1 Å². The standard InChI is InChI=1S/C37H40N2O7S/c1-44-32-11-2-3-12-34(32)47-24-31-21-33(27-17-15-25(23-40)16-18-27)46-37(45-31)30-10-5-9-29(20-30)28-8-4-7-26(19-28)22-38-35(41)13-6-14-36(42)39-43/h2-5,7-12,15-20,31,33,37,40,43H,6,13-14,21-24H2,1H3,(H,38,41)(H,39,42). The van der Waals surface area contributed by atoms with Gasteiger partial charge in [-0.2, -0.15) is 0 Å². The number of aliphatic hydroxyl groups is 1. The van der Waals surface area contributed by atoms with Crippen molar-refractivity contribution in [1.29, 1.82) is 0 Å². The van der Waals surface area contributed by atoms with Gasteiger partial charge in [0.25, 0.3) is 0 Å². The van der Waals surface area contributed by atoms with Crippen LogP contribution in [0.25, 0.3) is 11.1 Å². The fourth-order valence-electron chi connectivity index (χ4n) is 5.42. The Kier molecular flexibility index (Phi) is 12.4. The maximum absolute atomic E-state index is 12.3. The van der Waals surface area contributed by atoms with Crippen molar-refractivity contribution in [1.82, 2.24) is 10.8 Å². The molecule has 246 valence electrons. The second kappa shape index (κ2) is 17.1. The van der Waals surface area contributed by atoms with Crippen molar-refractivity contribution in [2.75, 3.05) is 12.9 Å². The molecule has 4 aromatic rings. The predicted octanol–water partition coefficient (Wildman–Crippen LogP) is 6.48. The highest BCUT2D eigenvalue weighted by molar-refractivity contribution is 7.99. The van der Waals surface area contributed by atoms with Crippen LogP contribution in [0.2, 0.25) is 0 Å². The number of hydroxylamine groups is 1. The quantitative estimate of drug-likeness (QED) is 0.0690. The highest BCUT2D eigenvalue weighted by atomic mass is 32.2. The first-order valence-electron chi connectivity index (χ1n) is 15.6. The van der Waals surface area contributed by atoms with Crippen LogP contribution in [-0.2, 0) is 32.2 Å². The normalized spacial score (nSPS) is 17.6. The van der Waals surface area contributed by atoms with Gasteiger partial charge in [0.2, 0.25) is 11.8 Å². The first-order chi connectivity index (χ1) is 22.9. The fourth-order valence-corrected chi connectivity index (χ4v) is 6.47. The van der Waals surface area contributed by atoms with E-state index in [-0.39, 0.29) is 37.6 Å². The molecule has 9 nitrogen and oxygen atoms in total. The molecule has 47 heavy (non-hydrogen) atoms. The summed E-state index contributed by atoms with van der Waals surface area (Å²) in [5.41, 5.74) is 7.29. The van der Waals surface area contributed by atoms with E-state index in [9.17, 15) is 14.7 Å². The van der Waals surface area contributed by atoms with E-state index in [1.807, 2.05) is 91.0 Å². The number of amides is 2. The van der Waals surface area contributed by atoms with E-state index >= 15 is 0 Å². The molecular formula is C37H40N2O7S. The third-order valence-electron chi connectivity index (χ3n) is 7.95. The van der Waals surface area contributed by atoms with Gasteiger partial charge in [-0.25, -0.2) is 5.48 Å². The van der Waals surface area contributed by atoms with Crippen LogP contribution in [0.1, 0.15) is 60.3 Å². The molecule has 3 unspecified atom stereocenters. The van der Waals surface area contributed by atoms with Crippen molar-refractivity contribution in [2.45, 2.75) is 62.2 Å². The molecule has 1 aliphatic heterocycles. The van der Waals surface area contributed by atoms with Crippen molar-refractivity contribution >= 4 is 23.6 Å². The van der Waals surface area contributed by atoms with E-state index in [0.717, 1.165) is 44.0 Å². The first kappa shape index (κ1) is 34.2. The smallest absolute Gasteiger partial charge is 0.243 e. The Balaban J connectivity index is 1.30. The number of para-hydroxylation sites is 1. The fraction of sp³-hybridized carbons (Fsp3) is 0.297. The molecule has 0 spiro atoms. The molecular weight excluding hydrogens is 616 g/mol. The molecule has 0 radical (unpaired) electrons. The van der Waals surface area contributed by atoms with E-state index in [1.165, 1.54) is 0 Å². The number of aliphatic hydroxyl groups excluding tert-OH is 1. The average Bonchev–Trinajstić information content (AvgIpc) is 3.13. The summed E-state index contributed by atoms with van der Waals surface area (Å²) in [5.74, 6) is 0.881.